The molecule has 1 aliphatic heterocycles. The molecule has 14 heavy (non-hydrogen) atoms. The summed E-state index contributed by atoms with van der Waals surface area (Å²) in [6.45, 7) is 1.43. The largest absolute Gasteiger partial charge is 0.478 e. The van der Waals surface area contributed by atoms with Crippen molar-refractivity contribution in [1.82, 2.24) is 0 Å². The van der Waals surface area contributed by atoms with Gasteiger partial charge in [0.25, 0.3) is 0 Å². The Hall–Kier alpha value is -1.35. The molecule has 0 aromatic heterocycles. The number of nitrogens with zero attached hydrogens (tertiary/aromatic N) is 1. The molecule has 0 saturated heterocycles. The van der Waals surface area contributed by atoms with Gasteiger partial charge < -0.3 is 10.5 Å². The van der Waals surface area contributed by atoms with Gasteiger partial charge in [-0.15, -0.1) is 0 Å². The Labute approximate surface area is 83.6 Å². The van der Waals surface area contributed by atoms with Gasteiger partial charge in [-0.1, -0.05) is 30.3 Å². The Morgan fingerprint density at radius 1 is 1.36 bits per heavy atom. The Kier molecular flexibility index (Phi) is 2.79. The first-order chi connectivity index (χ1) is 6.86. The maximum atomic E-state index is 5.96. The molecule has 1 aromatic rings. The fraction of sp³-hybridized carbons (Fsp3) is 0.364. The number of hydrogen-bond acceptors (Lipinski definition) is 3. The van der Waals surface area contributed by atoms with Crippen LogP contribution in [-0.2, 0) is 11.2 Å². The second kappa shape index (κ2) is 4.24. The van der Waals surface area contributed by atoms with E-state index in [4.69, 9.17) is 10.5 Å². The van der Waals surface area contributed by atoms with Crippen molar-refractivity contribution in [3.05, 3.63) is 35.9 Å². The first-order valence-electron chi connectivity index (χ1n) is 4.83. The quantitative estimate of drug-likeness (QED) is 0.772. The van der Waals surface area contributed by atoms with Crippen LogP contribution in [0.5, 0.6) is 0 Å². The highest BCUT2D eigenvalue weighted by Crippen LogP contribution is 2.06. The summed E-state index contributed by atoms with van der Waals surface area (Å²) >= 11 is 0. The standard InChI is InChI=1S/C11H14N2O/c12-10(11-13-6-7-14-11)8-9-4-2-1-3-5-9/h1-5,10H,6-8,12H2/t10-/m0/s1. The van der Waals surface area contributed by atoms with Crippen LogP contribution in [-0.4, -0.2) is 25.1 Å². The van der Waals surface area contributed by atoms with Gasteiger partial charge in [-0.05, 0) is 12.0 Å². The lowest BCUT2D eigenvalue weighted by molar-refractivity contribution is 0.332. The molecule has 74 valence electrons. The maximum Gasteiger partial charge on any atom is 0.201 e. The summed E-state index contributed by atoms with van der Waals surface area (Å²) in [5.74, 6) is 0.703. The van der Waals surface area contributed by atoms with Crippen LogP contribution in [0, 0.1) is 0 Å². The number of rotatable bonds is 3. The van der Waals surface area contributed by atoms with Gasteiger partial charge in [-0.2, -0.15) is 0 Å². The van der Waals surface area contributed by atoms with Gasteiger partial charge in [-0.3, -0.25) is 4.99 Å². The van der Waals surface area contributed by atoms with Crippen LogP contribution in [0.1, 0.15) is 5.56 Å². The number of benzene rings is 1. The third kappa shape index (κ3) is 2.12. The van der Waals surface area contributed by atoms with Crippen molar-refractivity contribution in [3.63, 3.8) is 0 Å². The van der Waals surface area contributed by atoms with E-state index in [0.29, 0.717) is 12.5 Å². The van der Waals surface area contributed by atoms with Crippen LogP contribution in [0.3, 0.4) is 0 Å². The lowest BCUT2D eigenvalue weighted by Gasteiger charge is -2.10. The number of nitrogens with two attached hydrogens (primary N) is 1. The molecule has 1 atom stereocenters. The zero-order valence-corrected chi connectivity index (χ0v) is 8.02. The summed E-state index contributed by atoms with van der Waals surface area (Å²) in [6.07, 6.45) is 0.791. The zero-order chi connectivity index (χ0) is 9.80. The normalized spacial score (nSPS) is 17.4. The Morgan fingerprint density at radius 2 is 2.14 bits per heavy atom. The molecule has 2 rings (SSSR count). The predicted molar refractivity (Wildman–Crippen MR) is 56.4 cm³/mol. The van der Waals surface area contributed by atoms with Gasteiger partial charge in [0.2, 0.25) is 5.90 Å². The molecular weight excluding hydrogens is 176 g/mol. The van der Waals surface area contributed by atoms with E-state index in [2.05, 4.69) is 17.1 Å². The van der Waals surface area contributed by atoms with Crippen LogP contribution in [0.4, 0.5) is 0 Å². The summed E-state index contributed by atoms with van der Waals surface area (Å²) in [4.78, 5) is 4.20. The molecule has 1 heterocycles. The summed E-state index contributed by atoms with van der Waals surface area (Å²) < 4.78 is 5.31. The van der Waals surface area contributed by atoms with E-state index in [1.165, 1.54) is 5.56 Å². The lowest BCUT2D eigenvalue weighted by Crippen LogP contribution is -2.32. The fourth-order valence-corrected chi connectivity index (χ4v) is 1.53. The zero-order valence-electron chi connectivity index (χ0n) is 8.02. The van der Waals surface area contributed by atoms with E-state index < -0.39 is 0 Å². The molecule has 0 fully saturated rings. The van der Waals surface area contributed by atoms with Crippen molar-refractivity contribution >= 4 is 5.90 Å². The molecule has 3 nitrogen and oxygen atoms in total. The second-order valence-electron chi connectivity index (χ2n) is 3.36. The molecular formula is C11H14N2O. The van der Waals surface area contributed by atoms with Gasteiger partial charge >= 0.3 is 0 Å². The average Bonchev–Trinajstić information content (AvgIpc) is 2.72. The van der Waals surface area contributed by atoms with E-state index >= 15 is 0 Å². The summed E-state index contributed by atoms with van der Waals surface area (Å²) in [6, 6.07) is 10.1. The molecule has 0 unspecified atom stereocenters. The summed E-state index contributed by atoms with van der Waals surface area (Å²) in [5, 5.41) is 0. The monoisotopic (exact) mass is 190 g/mol. The van der Waals surface area contributed by atoms with Gasteiger partial charge in [0, 0.05) is 0 Å². The van der Waals surface area contributed by atoms with Crippen LogP contribution in [0.2, 0.25) is 0 Å². The van der Waals surface area contributed by atoms with Crippen LogP contribution < -0.4 is 5.73 Å². The number of ether oxygens (including phenoxy) is 1. The van der Waals surface area contributed by atoms with E-state index in [1.807, 2.05) is 18.2 Å². The highest BCUT2D eigenvalue weighted by molar-refractivity contribution is 5.82. The third-order valence-electron chi connectivity index (χ3n) is 2.22. The molecule has 0 spiro atoms. The Balaban J connectivity index is 1.97. The molecule has 0 aliphatic carbocycles. The Morgan fingerprint density at radius 3 is 2.79 bits per heavy atom. The Bertz CT molecular complexity index is 321. The maximum absolute atomic E-state index is 5.96. The second-order valence-corrected chi connectivity index (χ2v) is 3.36. The minimum absolute atomic E-state index is 0.0973. The van der Waals surface area contributed by atoms with Gasteiger partial charge in [0.05, 0.1) is 12.6 Å². The van der Waals surface area contributed by atoms with Crippen molar-refractivity contribution < 1.29 is 4.74 Å². The van der Waals surface area contributed by atoms with Crippen molar-refractivity contribution in [2.24, 2.45) is 10.7 Å². The van der Waals surface area contributed by atoms with E-state index in [-0.39, 0.29) is 6.04 Å². The topological polar surface area (TPSA) is 47.6 Å². The van der Waals surface area contributed by atoms with Crippen LogP contribution in [0.25, 0.3) is 0 Å². The lowest BCUT2D eigenvalue weighted by atomic mass is 10.1. The van der Waals surface area contributed by atoms with Crippen LogP contribution in [0.15, 0.2) is 35.3 Å². The molecule has 2 N–H and O–H groups in total. The molecule has 0 amide bonds. The van der Waals surface area contributed by atoms with E-state index in [0.717, 1.165) is 13.0 Å². The average molecular weight is 190 g/mol. The van der Waals surface area contributed by atoms with Gasteiger partial charge in [-0.25, -0.2) is 0 Å². The first kappa shape index (κ1) is 9.21. The van der Waals surface area contributed by atoms with Crippen molar-refractivity contribution in [3.8, 4) is 0 Å². The van der Waals surface area contributed by atoms with Crippen LogP contribution >= 0.6 is 0 Å². The van der Waals surface area contributed by atoms with Crippen molar-refractivity contribution in [2.45, 2.75) is 12.5 Å². The van der Waals surface area contributed by atoms with E-state index in [1.54, 1.807) is 0 Å². The minimum Gasteiger partial charge on any atom is -0.478 e. The highest BCUT2D eigenvalue weighted by atomic mass is 16.5. The number of hydrogen-bond donors (Lipinski definition) is 1. The first-order valence-corrected chi connectivity index (χ1v) is 4.83. The smallest absolute Gasteiger partial charge is 0.201 e. The van der Waals surface area contributed by atoms with Gasteiger partial charge in [0.15, 0.2) is 0 Å². The predicted octanol–water partition coefficient (Wildman–Crippen LogP) is 0.985. The molecule has 1 aliphatic rings. The molecule has 1 aromatic carbocycles. The van der Waals surface area contributed by atoms with Crippen molar-refractivity contribution in [2.75, 3.05) is 13.2 Å². The number of aliphatic imine (C=N–C) groups is 1. The highest BCUT2D eigenvalue weighted by Gasteiger charge is 2.16. The molecule has 0 saturated carbocycles. The molecule has 3 heteroatoms. The fourth-order valence-electron chi connectivity index (χ4n) is 1.53. The summed E-state index contributed by atoms with van der Waals surface area (Å²) in [7, 11) is 0. The van der Waals surface area contributed by atoms with E-state index in [9.17, 15) is 0 Å². The third-order valence-corrected chi connectivity index (χ3v) is 2.22. The molecule has 0 radical (unpaired) electrons. The summed E-state index contributed by atoms with van der Waals surface area (Å²) in [5.41, 5.74) is 7.18. The van der Waals surface area contributed by atoms with Crippen molar-refractivity contribution in [1.29, 1.82) is 0 Å². The van der Waals surface area contributed by atoms with Gasteiger partial charge in [0.1, 0.15) is 6.61 Å². The SMILES string of the molecule is N[C@@H](Cc1ccccc1)C1=NCCO1. The molecule has 0 bridgehead atoms. The minimum atomic E-state index is -0.0973.